The highest BCUT2D eigenvalue weighted by Crippen LogP contribution is 2.32. The molecule has 1 atom stereocenters. The Hall–Kier alpha value is -1.85. The second-order valence-corrected chi connectivity index (χ2v) is 6.12. The summed E-state index contributed by atoms with van der Waals surface area (Å²) in [5.74, 6) is -0.0120. The van der Waals surface area contributed by atoms with Crippen LogP contribution in [0.25, 0.3) is 0 Å². The Bertz CT molecular complexity index is 589. The molecule has 2 aliphatic rings. The number of carbonyl (C=O) groups excluding carboxylic acids is 2. The zero-order valence-electron chi connectivity index (χ0n) is 12.8. The van der Waals surface area contributed by atoms with Gasteiger partial charge in [0.25, 0.3) is 0 Å². The van der Waals surface area contributed by atoms with Crippen LogP contribution < -0.4 is 0 Å². The number of amides is 1. The van der Waals surface area contributed by atoms with Crippen molar-refractivity contribution in [2.45, 2.75) is 39.2 Å². The number of ether oxygens (including phenoxy) is 1. The summed E-state index contributed by atoms with van der Waals surface area (Å²) in [7, 11) is 1.81. The molecule has 0 spiro atoms. The van der Waals surface area contributed by atoms with E-state index >= 15 is 0 Å². The highest BCUT2D eigenvalue weighted by atomic mass is 16.5. The first-order valence-corrected chi connectivity index (χ1v) is 7.44. The molecule has 1 aliphatic heterocycles. The molecule has 6 heteroatoms. The summed E-state index contributed by atoms with van der Waals surface area (Å²) in [5.41, 5.74) is 2.03. The van der Waals surface area contributed by atoms with Gasteiger partial charge in [0.2, 0.25) is 5.91 Å². The minimum atomic E-state index is -0.338. The minimum Gasteiger partial charge on any atom is -0.462 e. The third kappa shape index (κ3) is 2.66. The molecule has 0 bridgehead atoms. The monoisotopic (exact) mass is 291 g/mol. The van der Waals surface area contributed by atoms with Crippen molar-refractivity contribution >= 4 is 11.9 Å². The van der Waals surface area contributed by atoms with Gasteiger partial charge in [0.1, 0.15) is 5.56 Å². The van der Waals surface area contributed by atoms with Gasteiger partial charge >= 0.3 is 5.97 Å². The first-order valence-electron chi connectivity index (χ1n) is 7.44. The zero-order valence-corrected chi connectivity index (χ0v) is 12.8. The van der Waals surface area contributed by atoms with Crippen LogP contribution in [-0.2, 0) is 16.6 Å². The standard InChI is InChI=1S/C15H21N3O3/c1-9-14(10(2)17(3)16-9)15(20)21-8-11-6-13(19)18(7-11)12-4-5-12/h11-12H,4-8H2,1-3H3/t11-/m0/s1. The summed E-state index contributed by atoms with van der Waals surface area (Å²) < 4.78 is 7.09. The SMILES string of the molecule is Cc1nn(C)c(C)c1C(=O)OC[C@H]1CC(=O)N(C2CC2)C1. The zero-order chi connectivity index (χ0) is 15.1. The largest absolute Gasteiger partial charge is 0.462 e. The molecule has 21 heavy (non-hydrogen) atoms. The van der Waals surface area contributed by atoms with Crippen molar-refractivity contribution in [2.24, 2.45) is 13.0 Å². The minimum absolute atomic E-state index is 0.124. The maximum absolute atomic E-state index is 12.2. The van der Waals surface area contributed by atoms with Gasteiger partial charge in [0.05, 0.1) is 12.3 Å². The van der Waals surface area contributed by atoms with Crippen molar-refractivity contribution in [1.82, 2.24) is 14.7 Å². The lowest BCUT2D eigenvalue weighted by molar-refractivity contribution is -0.128. The normalized spacial score (nSPS) is 22.0. The van der Waals surface area contributed by atoms with Crippen molar-refractivity contribution in [1.29, 1.82) is 0 Å². The van der Waals surface area contributed by atoms with E-state index < -0.39 is 0 Å². The topological polar surface area (TPSA) is 64.4 Å². The van der Waals surface area contributed by atoms with Crippen molar-refractivity contribution in [2.75, 3.05) is 13.2 Å². The Morgan fingerprint density at radius 3 is 2.67 bits per heavy atom. The maximum Gasteiger partial charge on any atom is 0.341 e. The molecular formula is C15H21N3O3. The van der Waals surface area contributed by atoms with Gasteiger partial charge in [-0.3, -0.25) is 9.48 Å². The fraction of sp³-hybridized carbons (Fsp3) is 0.667. The van der Waals surface area contributed by atoms with Crippen molar-refractivity contribution < 1.29 is 14.3 Å². The van der Waals surface area contributed by atoms with Crippen LogP contribution in [0.15, 0.2) is 0 Å². The Morgan fingerprint density at radius 1 is 1.38 bits per heavy atom. The molecule has 1 saturated heterocycles. The third-order valence-electron chi connectivity index (χ3n) is 4.39. The van der Waals surface area contributed by atoms with E-state index in [4.69, 9.17) is 4.74 Å². The predicted octanol–water partition coefficient (Wildman–Crippen LogP) is 1.20. The molecule has 1 aromatic rings. The van der Waals surface area contributed by atoms with Crippen molar-refractivity contribution in [3.63, 3.8) is 0 Å². The molecule has 0 aromatic carbocycles. The second-order valence-electron chi connectivity index (χ2n) is 6.12. The van der Waals surface area contributed by atoms with Crippen LogP contribution >= 0.6 is 0 Å². The molecule has 0 unspecified atom stereocenters. The number of aromatic nitrogens is 2. The highest BCUT2D eigenvalue weighted by molar-refractivity contribution is 5.91. The average Bonchev–Trinajstić information content (AvgIpc) is 3.14. The number of esters is 1. The third-order valence-corrected chi connectivity index (χ3v) is 4.39. The van der Waals surface area contributed by atoms with Gasteiger partial charge < -0.3 is 9.64 Å². The predicted molar refractivity (Wildman–Crippen MR) is 75.8 cm³/mol. The lowest BCUT2D eigenvalue weighted by atomic mass is 10.1. The summed E-state index contributed by atoms with van der Waals surface area (Å²) in [6.07, 6.45) is 2.73. The van der Waals surface area contributed by atoms with Crippen molar-refractivity contribution in [3.05, 3.63) is 17.0 Å². The van der Waals surface area contributed by atoms with Gasteiger partial charge in [0, 0.05) is 37.7 Å². The fourth-order valence-corrected chi connectivity index (χ4v) is 2.99. The molecule has 2 heterocycles. The number of aryl methyl sites for hydroxylation is 2. The molecule has 114 valence electrons. The lowest BCUT2D eigenvalue weighted by Crippen LogP contribution is -2.28. The number of carbonyl (C=O) groups is 2. The van der Waals surface area contributed by atoms with Crippen LogP contribution in [0.5, 0.6) is 0 Å². The van der Waals surface area contributed by atoms with E-state index in [9.17, 15) is 9.59 Å². The molecule has 6 nitrogen and oxygen atoms in total. The summed E-state index contributed by atoms with van der Waals surface area (Å²) in [6.45, 7) is 4.69. The maximum atomic E-state index is 12.2. The number of hydrogen-bond acceptors (Lipinski definition) is 4. The number of hydrogen-bond donors (Lipinski definition) is 0. The number of rotatable bonds is 4. The van der Waals surface area contributed by atoms with Crippen molar-refractivity contribution in [3.8, 4) is 0 Å². The molecule has 2 fully saturated rings. The first-order chi connectivity index (χ1) is 9.97. The molecule has 1 amide bonds. The quantitative estimate of drug-likeness (QED) is 0.782. The van der Waals surface area contributed by atoms with Gasteiger partial charge in [-0.15, -0.1) is 0 Å². The second kappa shape index (κ2) is 5.16. The molecule has 1 aliphatic carbocycles. The first kappa shape index (κ1) is 14.1. The molecule has 1 saturated carbocycles. The molecular weight excluding hydrogens is 270 g/mol. The van der Waals surface area contributed by atoms with Gasteiger partial charge in [-0.25, -0.2) is 4.79 Å². The van der Waals surface area contributed by atoms with E-state index in [0.29, 0.717) is 30.3 Å². The van der Waals surface area contributed by atoms with E-state index in [2.05, 4.69) is 5.10 Å². The average molecular weight is 291 g/mol. The van der Waals surface area contributed by atoms with E-state index in [1.165, 1.54) is 0 Å². The van der Waals surface area contributed by atoms with Crippen LogP contribution in [0.1, 0.15) is 41.0 Å². The Balaban J connectivity index is 1.58. The number of likely N-dealkylation sites (tertiary alicyclic amines) is 1. The molecule has 0 radical (unpaired) electrons. The van der Waals surface area contributed by atoms with Gasteiger partial charge in [-0.2, -0.15) is 5.10 Å². The van der Waals surface area contributed by atoms with E-state index in [1.54, 1.807) is 11.6 Å². The summed E-state index contributed by atoms with van der Waals surface area (Å²) >= 11 is 0. The van der Waals surface area contributed by atoms with Crippen LogP contribution in [0.3, 0.4) is 0 Å². The van der Waals surface area contributed by atoms with E-state index in [1.807, 2.05) is 18.9 Å². The Morgan fingerprint density at radius 2 is 2.10 bits per heavy atom. The highest BCUT2D eigenvalue weighted by Gasteiger charge is 2.39. The fourth-order valence-electron chi connectivity index (χ4n) is 2.99. The van der Waals surface area contributed by atoms with Gasteiger partial charge in [0.15, 0.2) is 0 Å². The summed E-state index contributed by atoms with van der Waals surface area (Å²) in [6, 6.07) is 0.445. The smallest absolute Gasteiger partial charge is 0.341 e. The number of nitrogens with zero attached hydrogens (tertiary/aromatic N) is 3. The van der Waals surface area contributed by atoms with Crippen LogP contribution in [0, 0.1) is 19.8 Å². The van der Waals surface area contributed by atoms with Crippen LogP contribution in [-0.4, -0.2) is 45.8 Å². The van der Waals surface area contributed by atoms with E-state index in [0.717, 1.165) is 25.1 Å². The molecule has 3 rings (SSSR count). The summed E-state index contributed by atoms with van der Waals surface area (Å²) in [5, 5.41) is 4.22. The lowest BCUT2D eigenvalue weighted by Gasteiger charge is -2.15. The Kier molecular flexibility index (Phi) is 3.47. The van der Waals surface area contributed by atoms with Crippen LogP contribution in [0.4, 0.5) is 0 Å². The Labute approximate surface area is 124 Å². The van der Waals surface area contributed by atoms with Gasteiger partial charge in [-0.05, 0) is 26.7 Å². The van der Waals surface area contributed by atoms with E-state index in [-0.39, 0.29) is 17.8 Å². The molecule has 1 aromatic heterocycles. The van der Waals surface area contributed by atoms with Crippen LogP contribution in [0.2, 0.25) is 0 Å². The van der Waals surface area contributed by atoms with Gasteiger partial charge in [-0.1, -0.05) is 0 Å². The summed E-state index contributed by atoms with van der Waals surface area (Å²) in [4.78, 5) is 26.0. The molecule has 0 N–H and O–H groups in total.